The van der Waals surface area contributed by atoms with Gasteiger partial charge in [-0.2, -0.15) is 0 Å². The molecule has 0 aliphatic rings. The first-order valence-electron chi connectivity index (χ1n) is 6.13. The fraction of sp³-hybridized carbons (Fsp3) is 0.286. The number of fused-ring (bicyclic) bond motifs is 1. The van der Waals surface area contributed by atoms with Gasteiger partial charge in [0, 0.05) is 22.0 Å². The maximum atomic E-state index is 12.0. The van der Waals surface area contributed by atoms with E-state index in [0.29, 0.717) is 5.56 Å². The van der Waals surface area contributed by atoms with Crippen molar-refractivity contribution in [3.8, 4) is 0 Å². The number of carboxylic acid groups (broad SMARTS) is 1. The average molecular weight is 293 g/mol. The summed E-state index contributed by atoms with van der Waals surface area (Å²) in [5, 5.41) is 13.9. The Kier molecular flexibility index (Phi) is 4.70. The standard InChI is InChI=1S/C14H15NO4S/c1-9-2-3-10-11(8-20-12(10)6-9)14(18)15-4-5-19-7-13(16)17/h2-3,6,8H,4-5,7H2,1H3,(H,15,18)(H,16,17). The van der Waals surface area contributed by atoms with Crippen molar-refractivity contribution in [2.75, 3.05) is 19.8 Å². The van der Waals surface area contributed by atoms with Crippen LogP contribution in [0.4, 0.5) is 0 Å². The van der Waals surface area contributed by atoms with Crippen molar-refractivity contribution in [2.24, 2.45) is 0 Å². The number of carboxylic acids is 1. The van der Waals surface area contributed by atoms with Crippen LogP contribution in [0.5, 0.6) is 0 Å². The monoisotopic (exact) mass is 293 g/mol. The first-order chi connectivity index (χ1) is 9.58. The Morgan fingerprint density at radius 1 is 1.40 bits per heavy atom. The van der Waals surface area contributed by atoms with E-state index in [1.807, 2.05) is 30.5 Å². The van der Waals surface area contributed by atoms with Crippen LogP contribution >= 0.6 is 11.3 Å². The van der Waals surface area contributed by atoms with Crippen molar-refractivity contribution in [2.45, 2.75) is 6.92 Å². The molecule has 2 aromatic rings. The van der Waals surface area contributed by atoms with Gasteiger partial charge in [0.2, 0.25) is 0 Å². The second-order valence-corrected chi connectivity index (χ2v) is 5.26. The maximum absolute atomic E-state index is 12.0. The molecular weight excluding hydrogens is 278 g/mol. The predicted molar refractivity (Wildman–Crippen MR) is 77.4 cm³/mol. The van der Waals surface area contributed by atoms with E-state index >= 15 is 0 Å². The lowest BCUT2D eigenvalue weighted by Gasteiger charge is -2.04. The molecule has 5 nitrogen and oxygen atoms in total. The molecule has 106 valence electrons. The first-order valence-corrected chi connectivity index (χ1v) is 7.01. The summed E-state index contributed by atoms with van der Waals surface area (Å²) in [6.07, 6.45) is 0. The van der Waals surface area contributed by atoms with Gasteiger partial charge in [0.25, 0.3) is 5.91 Å². The van der Waals surface area contributed by atoms with Gasteiger partial charge in [-0.25, -0.2) is 4.79 Å². The Morgan fingerprint density at radius 3 is 2.95 bits per heavy atom. The fourth-order valence-corrected chi connectivity index (χ4v) is 2.84. The number of aryl methyl sites for hydroxylation is 1. The van der Waals surface area contributed by atoms with E-state index < -0.39 is 5.97 Å². The van der Waals surface area contributed by atoms with Gasteiger partial charge in [-0.3, -0.25) is 4.79 Å². The Labute approximate surface area is 120 Å². The zero-order valence-corrected chi connectivity index (χ0v) is 11.8. The molecule has 1 amide bonds. The molecule has 0 aliphatic heterocycles. The van der Waals surface area contributed by atoms with Crippen LogP contribution in [0, 0.1) is 6.92 Å². The zero-order valence-electron chi connectivity index (χ0n) is 11.0. The number of rotatable bonds is 6. The number of ether oxygens (including phenoxy) is 1. The van der Waals surface area contributed by atoms with Crippen LogP contribution < -0.4 is 5.32 Å². The number of nitrogens with one attached hydrogen (secondary N) is 1. The summed E-state index contributed by atoms with van der Waals surface area (Å²) in [4.78, 5) is 22.3. The lowest BCUT2D eigenvalue weighted by molar-refractivity contribution is -0.142. The van der Waals surface area contributed by atoms with E-state index in [1.54, 1.807) is 0 Å². The minimum Gasteiger partial charge on any atom is -0.480 e. The number of thiophene rings is 1. The van der Waals surface area contributed by atoms with Crippen LogP contribution in [0.25, 0.3) is 10.1 Å². The molecule has 1 aromatic heterocycles. The van der Waals surface area contributed by atoms with Gasteiger partial charge < -0.3 is 15.2 Å². The van der Waals surface area contributed by atoms with Crippen LogP contribution in [-0.4, -0.2) is 36.7 Å². The largest absolute Gasteiger partial charge is 0.480 e. The molecule has 6 heteroatoms. The number of hydrogen-bond acceptors (Lipinski definition) is 4. The van der Waals surface area contributed by atoms with E-state index in [2.05, 4.69) is 5.32 Å². The highest BCUT2D eigenvalue weighted by Gasteiger charge is 2.11. The Morgan fingerprint density at radius 2 is 2.20 bits per heavy atom. The Hall–Kier alpha value is -1.92. The highest BCUT2D eigenvalue weighted by molar-refractivity contribution is 7.17. The quantitative estimate of drug-likeness (QED) is 0.799. The van der Waals surface area contributed by atoms with Crippen LogP contribution in [-0.2, 0) is 9.53 Å². The summed E-state index contributed by atoms with van der Waals surface area (Å²) >= 11 is 1.53. The molecule has 0 radical (unpaired) electrons. The molecule has 20 heavy (non-hydrogen) atoms. The fourth-order valence-electron chi connectivity index (χ4n) is 1.80. The maximum Gasteiger partial charge on any atom is 0.329 e. The van der Waals surface area contributed by atoms with E-state index in [4.69, 9.17) is 9.84 Å². The first kappa shape index (κ1) is 14.5. The lowest BCUT2D eigenvalue weighted by Crippen LogP contribution is -2.27. The van der Waals surface area contributed by atoms with E-state index in [1.165, 1.54) is 11.3 Å². The minimum atomic E-state index is -1.02. The van der Waals surface area contributed by atoms with Gasteiger partial charge in [-0.15, -0.1) is 11.3 Å². The predicted octanol–water partition coefficient (Wildman–Crippen LogP) is 2.04. The second kappa shape index (κ2) is 6.49. The average Bonchev–Trinajstić information content (AvgIpc) is 2.80. The van der Waals surface area contributed by atoms with Crippen LogP contribution in [0.2, 0.25) is 0 Å². The summed E-state index contributed by atoms with van der Waals surface area (Å²) in [5.74, 6) is -1.19. The third kappa shape index (κ3) is 3.55. The molecule has 0 bridgehead atoms. The molecule has 1 aromatic carbocycles. The van der Waals surface area contributed by atoms with Crippen molar-refractivity contribution < 1.29 is 19.4 Å². The number of carbonyl (C=O) groups is 2. The van der Waals surface area contributed by atoms with Crippen molar-refractivity contribution in [1.29, 1.82) is 0 Å². The smallest absolute Gasteiger partial charge is 0.329 e. The van der Waals surface area contributed by atoms with Gasteiger partial charge in [0.1, 0.15) is 6.61 Å². The number of aliphatic carboxylic acids is 1. The molecule has 0 atom stereocenters. The lowest BCUT2D eigenvalue weighted by atomic mass is 10.1. The van der Waals surface area contributed by atoms with Crippen molar-refractivity contribution in [1.82, 2.24) is 5.32 Å². The van der Waals surface area contributed by atoms with Gasteiger partial charge in [-0.1, -0.05) is 12.1 Å². The molecule has 0 saturated carbocycles. The molecule has 2 rings (SSSR count). The summed E-state index contributed by atoms with van der Waals surface area (Å²) in [6, 6.07) is 5.96. The normalized spacial score (nSPS) is 10.7. The van der Waals surface area contributed by atoms with E-state index in [0.717, 1.165) is 15.6 Å². The molecular formula is C14H15NO4S. The molecule has 0 spiro atoms. The van der Waals surface area contributed by atoms with E-state index in [-0.39, 0.29) is 25.7 Å². The number of amides is 1. The molecule has 1 heterocycles. The molecule has 0 saturated heterocycles. The zero-order chi connectivity index (χ0) is 14.5. The van der Waals surface area contributed by atoms with Crippen molar-refractivity contribution in [3.05, 3.63) is 34.7 Å². The highest BCUT2D eigenvalue weighted by atomic mass is 32.1. The highest BCUT2D eigenvalue weighted by Crippen LogP contribution is 2.26. The van der Waals surface area contributed by atoms with Crippen LogP contribution in [0.15, 0.2) is 23.6 Å². The number of carbonyl (C=O) groups excluding carboxylic acids is 1. The van der Waals surface area contributed by atoms with E-state index in [9.17, 15) is 9.59 Å². The summed E-state index contributed by atoms with van der Waals surface area (Å²) in [5.41, 5.74) is 1.80. The van der Waals surface area contributed by atoms with Crippen molar-refractivity contribution in [3.63, 3.8) is 0 Å². The van der Waals surface area contributed by atoms with Crippen molar-refractivity contribution >= 4 is 33.3 Å². The summed E-state index contributed by atoms with van der Waals surface area (Å²) in [6.45, 7) is 2.13. The minimum absolute atomic E-state index is 0.168. The Balaban J connectivity index is 1.93. The summed E-state index contributed by atoms with van der Waals surface area (Å²) in [7, 11) is 0. The van der Waals surface area contributed by atoms with Gasteiger partial charge in [-0.05, 0) is 18.6 Å². The van der Waals surface area contributed by atoms with Gasteiger partial charge >= 0.3 is 5.97 Å². The third-order valence-corrected chi connectivity index (χ3v) is 3.68. The Bertz CT molecular complexity index is 635. The second-order valence-electron chi connectivity index (χ2n) is 4.35. The molecule has 0 fully saturated rings. The topological polar surface area (TPSA) is 75.6 Å². The summed E-state index contributed by atoms with van der Waals surface area (Å²) < 4.78 is 5.94. The molecule has 0 unspecified atom stereocenters. The van der Waals surface area contributed by atoms with Crippen LogP contribution in [0.3, 0.4) is 0 Å². The number of hydrogen-bond donors (Lipinski definition) is 2. The number of benzene rings is 1. The van der Waals surface area contributed by atoms with Crippen LogP contribution in [0.1, 0.15) is 15.9 Å². The van der Waals surface area contributed by atoms with Gasteiger partial charge in [0.15, 0.2) is 0 Å². The molecule has 0 aliphatic carbocycles. The van der Waals surface area contributed by atoms with Gasteiger partial charge in [0.05, 0.1) is 12.2 Å². The SMILES string of the molecule is Cc1ccc2c(C(=O)NCCOCC(=O)O)csc2c1. The molecule has 2 N–H and O–H groups in total. The third-order valence-electron chi connectivity index (χ3n) is 2.73.